The molecule has 3 amide bonds. The van der Waals surface area contributed by atoms with Gasteiger partial charge in [0.15, 0.2) is 13.9 Å². The molecule has 3 N–H and O–H groups in total. The zero-order valence-electron chi connectivity index (χ0n) is 24.7. The average molecular weight is 593 g/mol. The number of likely N-dealkylation sites (N-methyl/N-ethyl adjacent to an activating group) is 1. The molecule has 2 aromatic rings. The Morgan fingerprint density at radius 1 is 1.17 bits per heavy atom. The van der Waals surface area contributed by atoms with E-state index < -0.39 is 31.5 Å². The zero-order valence-corrected chi connectivity index (χ0v) is 25.7. The fraction of sp³-hybridized carbons (Fsp3) is 0.516. The van der Waals surface area contributed by atoms with E-state index in [-0.39, 0.29) is 43.3 Å². The second-order valence-corrected chi connectivity index (χ2v) is 16.7. The van der Waals surface area contributed by atoms with Gasteiger partial charge < -0.3 is 34.7 Å². The van der Waals surface area contributed by atoms with Crippen molar-refractivity contribution in [1.29, 1.82) is 0 Å². The number of nitrogens with zero attached hydrogens (tertiary/aromatic N) is 3. The molecule has 2 saturated heterocycles. The van der Waals surface area contributed by atoms with E-state index in [0.29, 0.717) is 43.0 Å². The molecule has 2 fully saturated rings. The maximum absolute atomic E-state index is 14.1. The van der Waals surface area contributed by atoms with Gasteiger partial charge in [-0.1, -0.05) is 31.2 Å². The van der Waals surface area contributed by atoms with Crippen LogP contribution < -0.4 is 15.1 Å². The predicted molar refractivity (Wildman–Crippen MR) is 160 cm³/mol. The first-order valence-electron chi connectivity index (χ1n) is 14.8. The minimum Gasteiger partial charge on any atom is -0.432 e. The lowest BCUT2D eigenvalue weighted by molar-refractivity contribution is -0.150. The largest absolute Gasteiger partial charge is 0.432 e. The van der Waals surface area contributed by atoms with Crippen LogP contribution >= 0.6 is 0 Å². The van der Waals surface area contributed by atoms with Crippen molar-refractivity contribution in [3.8, 4) is 0 Å². The Kier molecular flexibility index (Phi) is 7.30. The van der Waals surface area contributed by atoms with Crippen LogP contribution in [0.3, 0.4) is 0 Å². The molecule has 0 radical (unpaired) electrons. The molecule has 0 aromatic heterocycles. The highest BCUT2D eigenvalue weighted by Crippen LogP contribution is 2.59. The number of carbonyl (C=O) groups is 3. The highest BCUT2D eigenvalue weighted by atomic mass is 28.4. The fourth-order valence-electron chi connectivity index (χ4n) is 7.75. The van der Waals surface area contributed by atoms with Crippen molar-refractivity contribution in [2.75, 3.05) is 43.1 Å². The molecule has 0 aliphatic carbocycles. The van der Waals surface area contributed by atoms with Crippen molar-refractivity contribution in [3.05, 3.63) is 59.2 Å². The molecule has 0 unspecified atom stereocenters. The molecular formula is C31H40N4O6Si. The lowest BCUT2D eigenvalue weighted by Crippen LogP contribution is -2.48. The van der Waals surface area contributed by atoms with Gasteiger partial charge in [-0.3, -0.25) is 14.4 Å². The number of aliphatic hydroxyl groups excluding tert-OH is 1. The van der Waals surface area contributed by atoms with Crippen molar-refractivity contribution in [1.82, 2.24) is 10.2 Å². The summed E-state index contributed by atoms with van der Waals surface area (Å²) in [4.78, 5) is 57.3. The molecule has 0 bridgehead atoms. The van der Waals surface area contributed by atoms with Crippen molar-refractivity contribution >= 4 is 37.4 Å². The molecule has 6 rings (SSSR count). The van der Waals surface area contributed by atoms with Gasteiger partial charge >= 0.3 is 0 Å². The number of anilines is 2. The third-order valence-corrected chi connectivity index (χ3v) is 12.3. The highest BCUT2D eigenvalue weighted by Gasteiger charge is 2.66. The summed E-state index contributed by atoms with van der Waals surface area (Å²) < 4.78 is 6.80. The van der Waals surface area contributed by atoms with Gasteiger partial charge in [0.05, 0.1) is 37.4 Å². The number of carbonyl (C=O) groups excluding carboxylic acids is 3. The van der Waals surface area contributed by atoms with Crippen LogP contribution in [0, 0.1) is 5.92 Å². The summed E-state index contributed by atoms with van der Waals surface area (Å²) in [6.07, 6.45) is -0.129. The molecule has 11 heteroatoms. The number of hydrogen-bond donors (Lipinski definition) is 3. The summed E-state index contributed by atoms with van der Waals surface area (Å²) in [7, 11) is -1.25. The predicted octanol–water partition coefficient (Wildman–Crippen LogP) is 1.73. The molecule has 5 atom stereocenters. The van der Waals surface area contributed by atoms with Crippen LogP contribution in [0.1, 0.15) is 30.0 Å². The van der Waals surface area contributed by atoms with E-state index in [4.69, 9.17) is 4.74 Å². The van der Waals surface area contributed by atoms with Crippen LogP contribution in [0.2, 0.25) is 18.6 Å². The Hall–Kier alpha value is -3.09. The van der Waals surface area contributed by atoms with Crippen LogP contribution in [0.4, 0.5) is 11.4 Å². The topological polar surface area (TPSA) is 123 Å². The van der Waals surface area contributed by atoms with E-state index in [2.05, 4.69) is 5.32 Å². The lowest BCUT2D eigenvalue weighted by atomic mass is 9.82. The van der Waals surface area contributed by atoms with Crippen LogP contribution in [-0.2, 0) is 37.7 Å². The SMILES string of the molecule is C[C@H]1[C@H]([Si](C)(C)O)[C@@H](CC(=O)N2Cc3ccccc3C[C@H]2CO)O[C@]12C(=O)N(C)c1ccc(N3CCNCC3=O)cc12. The first-order chi connectivity index (χ1) is 20.0. The normalized spacial score (nSPS) is 29.3. The van der Waals surface area contributed by atoms with Gasteiger partial charge in [-0.2, -0.15) is 0 Å². The molecule has 10 nitrogen and oxygen atoms in total. The van der Waals surface area contributed by atoms with E-state index in [1.165, 1.54) is 0 Å². The summed E-state index contributed by atoms with van der Waals surface area (Å²) in [5.74, 6) is -0.852. The standard InChI is InChI=1S/C31H40N4O6Si/c1-19-29(42(3,4)40)26(15-27(37)35-17-21-8-6-5-7-20(21)13-23(35)18-36)41-31(19)24-14-22(34-12-11-32-16-28(34)38)9-10-25(24)33(2)30(31)39/h5-10,14,19,23,26,29,32,36,40H,11-13,15-18H2,1-4H3/t19-,23-,26+,29-,31+/m0/s1. The zero-order chi connectivity index (χ0) is 30.0. The Bertz CT molecular complexity index is 1430. The molecular weight excluding hydrogens is 552 g/mol. The van der Waals surface area contributed by atoms with Gasteiger partial charge in [0.1, 0.15) is 0 Å². The van der Waals surface area contributed by atoms with E-state index >= 15 is 0 Å². The number of ether oxygens (including phenoxy) is 1. The van der Waals surface area contributed by atoms with Gasteiger partial charge in [-0.25, -0.2) is 0 Å². The summed E-state index contributed by atoms with van der Waals surface area (Å²) in [6.45, 7) is 7.30. The minimum absolute atomic E-state index is 0.00525. The first kappa shape index (κ1) is 29.0. The molecule has 4 aliphatic heterocycles. The number of benzene rings is 2. The number of nitrogens with one attached hydrogen (secondary N) is 1. The average Bonchev–Trinajstić information content (AvgIpc) is 3.38. The van der Waals surface area contributed by atoms with Crippen LogP contribution in [0.15, 0.2) is 42.5 Å². The number of hydrogen-bond acceptors (Lipinski definition) is 7. The highest BCUT2D eigenvalue weighted by molar-refractivity contribution is 6.71. The van der Waals surface area contributed by atoms with Crippen molar-refractivity contribution in [2.45, 2.75) is 62.7 Å². The van der Waals surface area contributed by atoms with Gasteiger partial charge in [0.2, 0.25) is 11.8 Å². The molecule has 0 saturated carbocycles. The first-order valence-corrected chi connectivity index (χ1v) is 17.8. The molecule has 1 spiro atoms. The number of fused-ring (bicyclic) bond motifs is 3. The molecule has 4 heterocycles. The minimum atomic E-state index is -2.96. The number of amides is 3. The number of aliphatic hydroxyl groups is 1. The van der Waals surface area contributed by atoms with Crippen molar-refractivity contribution < 1.29 is 29.0 Å². The van der Waals surface area contributed by atoms with Crippen LogP contribution in [0.5, 0.6) is 0 Å². The third kappa shape index (κ3) is 4.49. The Labute approximate surface area is 247 Å². The second-order valence-electron chi connectivity index (χ2n) is 12.7. The Balaban J connectivity index is 1.35. The number of piperazine rings is 1. The smallest absolute Gasteiger partial charge is 0.264 e. The van der Waals surface area contributed by atoms with Crippen molar-refractivity contribution in [2.24, 2.45) is 5.92 Å². The molecule has 42 heavy (non-hydrogen) atoms. The molecule has 224 valence electrons. The van der Waals surface area contributed by atoms with Crippen LogP contribution in [0.25, 0.3) is 0 Å². The van der Waals surface area contributed by atoms with E-state index in [1.807, 2.05) is 62.5 Å². The second kappa shape index (κ2) is 10.6. The summed E-state index contributed by atoms with van der Waals surface area (Å²) in [5, 5.41) is 13.3. The Morgan fingerprint density at radius 3 is 2.60 bits per heavy atom. The quantitative estimate of drug-likeness (QED) is 0.452. The molecule has 2 aromatic carbocycles. The van der Waals surface area contributed by atoms with Gasteiger partial charge in [-0.05, 0) is 48.8 Å². The van der Waals surface area contributed by atoms with Gasteiger partial charge in [-0.15, -0.1) is 0 Å². The van der Waals surface area contributed by atoms with Crippen molar-refractivity contribution in [3.63, 3.8) is 0 Å². The molecule has 4 aliphatic rings. The third-order valence-electron chi connectivity index (χ3n) is 9.76. The summed E-state index contributed by atoms with van der Waals surface area (Å²) >= 11 is 0. The lowest BCUT2D eigenvalue weighted by Gasteiger charge is -2.37. The van der Waals surface area contributed by atoms with E-state index in [9.17, 15) is 24.3 Å². The Morgan fingerprint density at radius 2 is 1.90 bits per heavy atom. The maximum atomic E-state index is 14.1. The van der Waals surface area contributed by atoms with Gasteiger partial charge in [0, 0.05) is 49.4 Å². The monoisotopic (exact) mass is 592 g/mol. The fourth-order valence-corrected chi connectivity index (χ4v) is 10.3. The van der Waals surface area contributed by atoms with E-state index in [0.717, 1.165) is 11.1 Å². The maximum Gasteiger partial charge on any atom is 0.264 e. The van der Waals surface area contributed by atoms with E-state index in [1.54, 1.807) is 21.7 Å². The van der Waals surface area contributed by atoms with Gasteiger partial charge in [0.25, 0.3) is 5.91 Å². The summed E-state index contributed by atoms with van der Waals surface area (Å²) in [5.41, 5.74) is 2.47. The van der Waals surface area contributed by atoms with Crippen LogP contribution in [-0.4, -0.2) is 86.3 Å². The summed E-state index contributed by atoms with van der Waals surface area (Å²) in [6, 6.07) is 13.2. The number of rotatable bonds is 5.